The predicted octanol–water partition coefficient (Wildman–Crippen LogP) is 3.04. The van der Waals surface area contributed by atoms with Crippen LogP contribution in [0.5, 0.6) is 5.75 Å². The summed E-state index contributed by atoms with van der Waals surface area (Å²) in [5.74, 6) is -0.0676. The minimum Gasteiger partial charge on any atom is -0.505 e. The van der Waals surface area contributed by atoms with Gasteiger partial charge in [0.1, 0.15) is 0 Å². The summed E-state index contributed by atoms with van der Waals surface area (Å²) in [5.41, 5.74) is 1.66. The smallest absolute Gasteiger partial charge is 0.165 e. The SMILES string of the molecule is Cc1cc(F)c(O)c([C@H](C2CC2)N2CCNCC2)c1.Cl.Cl. The van der Waals surface area contributed by atoms with E-state index in [0.717, 1.165) is 37.3 Å². The van der Waals surface area contributed by atoms with E-state index < -0.39 is 5.82 Å². The first kappa shape index (κ1) is 18.5. The quantitative estimate of drug-likeness (QED) is 0.890. The minimum absolute atomic E-state index is 0. The van der Waals surface area contributed by atoms with E-state index in [-0.39, 0.29) is 36.6 Å². The van der Waals surface area contributed by atoms with E-state index in [1.165, 1.54) is 18.9 Å². The number of piperazine rings is 1. The lowest BCUT2D eigenvalue weighted by atomic mass is 9.96. The molecule has 1 aromatic rings. The van der Waals surface area contributed by atoms with Crippen LogP contribution < -0.4 is 5.32 Å². The summed E-state index contributed by atoms with van der Waals surface area (Å²) in [4.78, 5) is 2.39. The van der Waals surface area contributed by atoms with E-state index in [1.807, 2.05) is 13.0 Å². The molecule has 3 rings (SSSR count). The third kappa shape index (κ3) is 4.01. The van der Waals surface area contributed by atoms with Crippen LogP contribution in [0.1, 0.15) is 30.0 Å². The number of halogens is 3. The average Bonchev–Trinajstić information content (AvgIpc) is 3.21. The Balaban J connectivity index is 0.00000110. The number of aryl methyl sites for hydroxylation is 1. The van der Waals surface area contributed by atoms with Gasteiger partial charge in [0, 0.05) is 37.8 Å². The third-order valence-electron chi connectivity index (χ3n) is 4.17. The Bertz CT molecular complexity index is 477. The molecule has 2 fully saturated rings. The number of rotatable bonds is 3. The highest BCUT2D eigenvalue weighted by Crippen LogP contribution is 2.47. The van der Waals surface area contributed by atoms with E-state index in [0.29, 0.717) is 5.92 Å². The molecule has 120 valence electrons. The van der Waals surface area contributed by atoms with Gasteiger partial charge in [0.2, 0.25) is 0 Å². The second kappa shape index (κ2) is 7.63. The van der Waals surface area contributed by atoms with E-state index in [4.69, 9.17) is 0 Å². The first-order valence-electron chi connectivity index (χ1n) is 7.10. The van der Waals surface area contributed by atoms with E-state index in [9.17, 15) is 9.50 Å². The number of aromatic hydroxyl groups is 1. The molecule has 2 N–H and O–H groups in total. The standard InChI is InChI=1S/C15H21FN2O.2ClH/c1-10-8-12(15(19)13(16)9-10)14(11-2-3-11)18-6-4-17-5-7-18;;/h8-9,11,14,17,19H,2-7H2,1H3;2*1H/t14-;;/m0../s1. The monoisotopic (exact) mass is 336 g/mol. The summed E-state index contributed by atoms with van der Waals surface area (Å²) in [6, 6.07) is 3.53. The van der Waals surface area contributed by atoms with Gasteiger partial charge in [-0.15, -0.1) is 24.8 Å². The summed E-state index contributed by atoms with van der Waals surface area (Å²) in [5, 5.41) is 13.4. The number of phenols is 1. The molecule has 0 bridgehead atoms. The Kier molecular flexibility index (Phi) is 6.72. The van der Waals surface area contributed by atoms with Gasteiger partial charge in [-0.1, -0.05) is 6.07 Å². The molecule has 0 radical (unpaired) electrons. The molecule has 6 heteroatoms. The molecular formula is C15H23Cl2FN2O. The Labute approximate surface area is 137 Å². The molecule has 0 spiro atoms. The van der Waals surface area contributed by atoms with Crippen LogP contribution in [-0.4, -0.2) is 36.2 Å². The summed E-state index contributed by atoms with van der Waals surface area (Å²) in [7, 11) is 0. The molecule has 1 heterocycles. The van der Waals surface area contributed by atoms with Crippen LogP contribution in [0.15, 0.2) is 12.1 Å². The number of nitrogens with one attached hydrogen (secondary N) is 1. The van der Waals surface area contributed by atoms with Crippen LogP contribution in [0.3, 0.4) is 0 Å². The molecule has 0 amide bonds. The molecule has 1 aliphatic carbocycles. The molecule has 0 aromatic heterocycles. The fourth-order valence-corrected chi connectivity index (χ4v) is 3.11. The maximum Gasteiger partial charge on any atom is 0.165 e. The highest BCUT2D eigenvalue weighted by Gasteiger charge is 2.38. The number of nitrogens with zero attached hydrogens (tertiary/aromatic N) is 1. The molecule has 1 saturated carbocycles. The van der Waals surface area contributed by atoms with Crippen molar-refractivity contribution in [3.63, 3.8) is 0 Å². The second-order valence-corrected chi connectivity index (χ2v) is 5.75. The molecule has 3 nitrogen and oxygen atoms in total. The fraction of sp³-hybridized carbons (Fsp3) is 0.600. The number of hydrogen-bond acceptors (Lipinski definition) is 3. The lowest BCUT2D eigenvalue weighted by Crippen LogP contribution is -2.45. The van der Waals surface area contributed by atoms with Gasteiger partial charge in [0.05, 0.1) is 0 Å². The molecule has 1 atom stereocenters. The second-order valence-electron chi connectivity index (χ2n) is 5.75. The van der Waals surface area contributed by atoms with Gasteiger partial charge in [-0.2, -0.15) is 0 Å². The average molecular weight is 337 g/mol. The highest BCUT2D eigenvalue weighted by atomic mass is 35.5. The zero-order chi connectivity index (χ0) is 13.4. The molecule has 1 aliphatic heterocycles. The van der Waals surface area contributed by atoms with Gasteiger partial charge >= 0.3 is 0 Å². The predicted molar refractivity (Wildman–Crippen MR) is 87.2 cm³/mol. The molecule has 1 saturated heterocycles. The molecule has 0 unspecified atom stereocenters. The van der Waals surface area contributed by atoms with Crippen LogP contribution in [0.25, 0.3) is 0 Å². The lowest BCUT2D eigenvalue weighted by Gasteiger charge is -2.36. The zero-order valence-corrected chi connectivity index (χ0v) is 13.8. The van der Waals surface area contributed by atoms with Crippen LogP contribution in [0.2, 0.25) is 0 Å². The van der Waals surface area contributed by atoms with Gasteiger partial charge in [-0.05, 0) is 37.3 Å². The topological polar surface area (TPSA) is 35.5 Å². The van der Waals surface area contributed by atoms with Gasteiger partial charge in [0.15, 0.2) is 11.6 Å². The summed E-state index contributed by atoms with van der Waals surface area (Å²) in [6.45, 7) is 5.76. The van der Waals surface area contributed by atoms with Crippen LogP contribution in [-0.2, 0) is 0 Å². The van der Waals surface area contributed by atoms with Gasteiger partial charge in [0.25, 0.3) is 0 Å². The molecule has 21 heavy (non-hydrogen) atoms. The Morgan fingerprint density at radius 1 is 1.24 bits per heavy atom. The minimum atomic E-state index is -0.490. The van der Waals surface area contributed by atoms with Crippen molar-refractivity contribution in [1.82, 2.24) is 10.2 Å². The van der Waals surface area contributed by atoms with Gasteiger partial charge in [-0.25, -0.2) is 4.39 Å². The first-order chi connectivity index (χ1) is 9.16. The maximum atomic E-state index is 13.8. The van der Waals surface area contributed by atoms with Crippen molar-refractivity contribution < 1.29 is 9.50 Å². The van der Waals surface area contributed by atoms with Gasteiger partial charge in [-0.3, -0.25) is 4.90 Å². The van der Waals surface area contributed by atoms with E-state index >= 15 is 0 Å². The highest BCUT2D eigenvalue weighted by molar-refractivity contribution is 5.85. The van der Waals surface area contributed by atoms with Crippen molar-refractivity contribution in [3.05, 3.63) is 29.1 Å². The van der Waals surface area contributed by atoms with Crippen molar-refractivity contribution in [2.75, 3.05) is 26.2 Å². The van der Waals surface area contributed by atoms with Crippen molar-refractivity contribution in [1.29, 1.82) is 0 Å². The largest absolute Gasteiger partial charge is 0.505 e. The van der Waals surface area contributed by atoms with Crippen LogP contribution in [0, 0.1) is 18.7 Å². The molecule has 1 aromatic carbocycles. The maximum absolute atomic E-state index is 13.8. The van der Waals surface area contributed by atoms with Crippen molar-refractivity contribution in [2.24, 2.45) is 5.92 Å². The fourth-order valence-electron chi connectivity index (χ4n) is 3.11. The zero-order valence-electron chi connectivity index (χ0n) is 12.1. The van der Waals surface area contributed by atoms with Gasteiger partial charge < -0.3 is 10.4 Å². The number of phenolic OH excluding ortho intramolecular Hbond substituents is 1. The van der Waals surface area contributed by atoms with Crippen molar-refractivity contribution >= 4 is 24.8 Å². The number of benzene rings is 1. The van der Waals surface area contributed by atoms with Crippen molar-refractivity contribution in [3.8, 4) is 5.75 Å². The van der Waals surface area contributed by atoms with Crippen LogP contribution in [0.4, 0.5) is 4.39 Å². The third-order valence-corrected chi connectivity index (χ3v) is 4.17. The Hall–Kier alpha value is -0.550. The normalized spacial score (nSPS) is 20.3. The number of hydrogen-bond donors (Lipinski definition) is 2. The molecule has 2 aliphatic rings. The lowest BCUT2D eigenvalue weighted by molar-refractivity contribution is 0.153. The van der Waals surface area contributed by atoms with Crippen molar-refractivity contribution in [2.45, 2.75) is 25.8 Å². The van der Waals surface area contributed by atoms with E-state index in [2.05, 4.69) is 10.2 Å². The molecular weight excluding hydrogens is 314 g/mol. The summed E-state index contributed by atoms with van der Waals surface area (Å²) < 4.78 is 13.8. The Morgan fingerprint density at radius 2 is 1.86 bits per heavy atom. The summed E-state index contributed by atoms with van der Waals surface area (Å²) >= 11 is 0. The summed E-state index contributed by atoms with van der Waals surface area (Å²) in [6.07, 6.45) is 2.37. The first-order valence-corrected chi connectivity index (χ1v) is 7.10. The Morgan fingerprint density at radius 3 is 2.43 bits per heavy atom. The van der Waals surface area contributed by atoms with E-state index in [1.54, 1.807) is 0 Å². The van der Waals surface area contributed by atoms with Crippen LogP contribution >= 0.6 is 24.8 Å².